The molecule has 2 heterocycles. The molecular weight excluding hydrogens is 194 g/mol. The lowest BCUT2D eigenvalue weighted by molar-refractivity contribution is -0.226. The summed E-state index contributed by atoms with van der Waals surface area (Å²) in [5.74, 6) is -0.625. The summed E-state index contributed by atoms with van der Waals surface area (Å²) in [6.45, 7) is 8.49. The fourth-order valence-corrected chi connectivity index (χ4v) is 2.62. The smallest absolute Gasteiger partial charge is 0.210 e. The van der Waals surface area contributed by atoms with Crippen molar-refractivity contribution in [3.8, 4) is 0 Å². The van der Waals surface area contributed by atoms with Gasteiger partial charge < -0.3 is 14.2 Å². The Balaban J connectivity index is 2.28. The number of nitrogens with zero attached hydrogens (tertiary/aromatic N) is 1. The van der Waals surface area contributed by atoms with Crippen LogP contribution in [0, 0.1) is 0 Å². The summed E-state index contributed by atoms with van der Waals surface area (Å²) in [5, 5.41) is 0. The third-order valence-electron chi connectivity index (χ3n) is 3.50. The van der Waals surface area contributed by atoms with Crippen molar-refractivity contribution in [3.05, 3.63) is 12.2 Å². The Labute approximate surface area is 90.8 Å². The zero-order valence-corrected chi connectivity index (χ0v) is 9.66. The van der Waals surface area contributed by atoms with E-state index in [4.69, 9.17) is 14.2 Å². The molecule has 4 nitrogen and oxygen atoms in total. The molecule has 0 N–H and O–H groups in total. The van der Waals surface area contributed by atoms with Crippen molar-refractivity contribution >= 4 is 0 Å². The lowest BCUT2D eigenvalue weighted by Crippen LogP contribution is -2.53. The van der Waals surface area contributed by atoms with Crippen LogP contribution in [0.5, 0.6) is 0 Å². The molecule has 15 heavy (non-hydrogen) atoms. The maximum Gasteiger partial charge on any atom is 0.210 e. The van der Waals surface area contributed by atoms with Gasteiger partial charge in [0.15, 0.2) is 0 Å². The van der Waals surface area contributed by atoms with Gasteiger partial charge >= 0.3 is 0 Å². The van der Waals surface area contributed by atoms with E-state index in [1.54, 1.807) is 14.2 Å². The van der Waals surface area contributed by atoms with Gasteiger partial charge in [0, 0.05) is 20.8 Å². The first-order valence-electron chi connectivity index (χ1n) is 5.32. The molecule has 0 bridgehead atoms. The quantitative estimate of drug-likeness (QED) is 0.508. The normalized spacial score (nSPS) is 34.7. The molecule has 2 aliphatic rings. The zero-order valence-electron chi connectivity index (χ0n) is 9.66. The fourth-order valence-electron chi connectivity index (χ4n) is 2.62. The van der Waals surface area contributed by atoms with Gasteiger partial charge in [-0.15, -0.1) is 0 Å². The molecule has 0 aromatic heterocycles. The topological polar surface area (TPSA) is 30.9 Å². The molecule has 2 atom stereocenters. The molecule has 0 aromatic rings. The van der Waals surface area contributed by atoms with Crippen LogP contribution in [0.25, 0.3) is 0 Å². The Morgan fingerprint density at radius 1 is 1.53 bits per heavy atom. The van der Waals surface area contributed by atoms with Gasteiger partial charge in [-0.25, -0.2) is 0 Å². The summed E-state index contributed by atoms with van der Waals surface area (Å²) in [6.07, 6.45) is 0.0600. The third kappa shape index (κ3) is 1.44. The maximum absolute atomic E-state index is 5.73. The highest BCUT2D eigenvalue weighted by Crippen LogP contribution is 2.40. The molecule has 0 saturated carbocycles. The van der Waals surface area contributed by atoms with Crippen LogP contribution < -0.4 is 0 Å². The standard InChI is InChI=1S/C11H19NO3/c1-5-12-6-8(2)9-10(12)11(13-3,14-4)7-15-9/h9-10H,2,5-7H2,1,3-4H3. The number of fused-ring (bicyclic) bond motifs is 1. The van der Waals surface area contributed by atoms with E-state index in [-0.39, 0.29) is 12.1 Å². The Kier molecular flexibility index (Phi) is 2.85. The lowest BCUT2D eigenvalue weighted by Gasteiger charge is -2.35. The second kappa shape index (κ2) is 3.87. The number of ether oxygens (including phenoxy) is 3. The average molecular weight is 213 g/mol. The number of hydrogen-bond donors (Lipinski definition) is 0. The molecular formula is C11H19NO3. The van der Waals surface area contributed by atoms with Gasteiger partial charge in [0.05, 0.1) is 6.04 Å². The van der Waals surface area contributed by atoms with Gasteiger partial charge in [0.1, 0.15) is 12.7 Å². The van der Waals surface area contributed by atoms with E-state index in [9.17, 15) is 0 Å². The first-order valence-corrected chi connectivity index (χ1v) is 5.32. The van der Waals surface area contributed by atoms with Crippen LogP contribution in [-0.2, 0) is 14.2 Å². The molecule has 4 heteroatoms. The predicted octanol–water partition coefficient (Wildman–Crippen LogP) is 0.635. The maximum atomic E-state index is 5.73. The van der Waals surface area contributed by atoms with Crippen LogP contribution >= 0.6 is 0 Å². The van der Waals surface area contributed by atoms with Crippen molar-refractivity contribution in [1.29, 1.82) is 0 Å². The Hall–Kier alpha value is -0.420. The van der Waals surface area contributed by atoms with Crippen molar-refractivity contribution in [2.45, 2.75) is 24.9 Å². The van der Waals surface area contributed by atoms with E-state index in [1.807, 2.05) is 0 Å². The Bertz CT molecular complexity index is 263. The molecule has 0 spiro atoms. The van der Waals surface area contributed by atoms with E-state index >= 15 is 0 Å². The molecule has 0 aromatic carbocycles. The lowest BCUT2D eigenvalue weighted by atomic mass is 10.0. The number of likely N-dealkylation sites (N-methyl/N-ethyl adjacent to an activating group) is 1. The third-order valence-corrected chi connectivity index (χ3v) is 3.50. The highest BCUT2D eigenvalue weighted by atomic mass is 16.7. The average Bonchev–Trinajstić information content (AvgIpc) is 2.78. The predicted molar refractivity (Wildman–Crippen MR) is 56.7 cm³/mol. The Morgan fingerprint density at radius 2 is 2.20 bits per heavy atom. The van der Waals surface area contributed by atoms with Crippen LogP contribution in [0.4, 0.5) is 0 Å². The van der Waals surface area contributed by atoms with Crippen LogP contribution in [0.15, 0.2) is 12.2 Å². The summed E-state index contributed by atoms with van der Waals surface area (Å²) in [5.41, 5.74) is 1.12. The highest BCUT2D eigenvalue weighted by Gasteiger charge is 2.57. The van der Waals surface area contributed by atoms with E-state index in [1.165, 1.54) is 0 Å². The molecule has 0 aliphatic carbocycles. The number of hydrogen-bond acceptors (Lipinski definition) is 4. The van der Waals surface area contributed by atoms with Crippen molar-refractivity contribution in [3.63, 3.8) is 0 Å². The van der Waals surface area contributed by atoms with Gasteiger partial charge in [0.2, 0.25) is 5.79 Å². The van der Waals surface area contributed by atoms with E-state index in [0.717, 1.165) is 18.7 Å². The zero-order chi connectivity index (χ0) is 11.1. The molecule has 2 unspecified atom stereocenters. The van der Waals surface area contributed by atoms with Crippen LogP contribution in [0.3, 0.4) is 0 Å². The van der Waals surface area contributed by atoms with Gasteiger partial charge in [-0.1, -0.05) is 13.5 Å². The molecule has 2 aliphatic heterocycles. The molecule has 2 fully saturated rings. The molecule has 0 radical (unpaired) electrons. The Morgan fingerprint density at radius 3 is 2.73 bits per heavy atom. The molecule has 0 amide bonds. The number of likely N-dealkylation sites (tertiary alicyclic amines) is 1. The summed E-state index contributed by atoms with van der Waals surface area (Å²) in [7, 11) is 3.34. The molecule has 86 valence electrons. The van der Waals surface area contributed by atoms with Crippen molar-refractivity contribution in [2.24, 2.45) is 0 Å². The fraction of sp³-hybridized carbons (Fsp3) is 0.818. The van der Waals surface area contributed by atoms with Gasteiger partial charge in [-0.3, -0.25) is 4.90 Å². The van der Waals surface area contributed by atoms with Gasteiger partial charge in [0.25, 0.3) is 0 Å². The first kappa shape index (κ1) is 11.1. The highest BCUT2D eigenvalue weighted by molar-refractivity contribution is 5.22. The van der Waals surface area contributed by atoms with Gasteiger partial charge in [-0.2, -0.15) is 0 Å². The van der Waals surface area contributed by atoms with Crippen LogP contribution in [-0.4, -0.2) is 56.7 Å². The number of rotatable bonds is 3. The van der Waals surface area contributed by atoms with E-state index < -0.39 is 5.79 Å². The summed E-state index contributed by atoms with van der Waals surface area (Å²) >= 11 is 0. The SMILES string of the molecule is C=C1CN(CC)C2C1OCC2(OC)OC. The molecule has 2 rings (SSSR count). The van der Waals surface area contributed by atoms with E-state index in [2.05, 4.69) is 18.4 Å². The van der Waals surface area contributed by atoms with E-state index in [0.29, 0.717) is 6.61 Å². The first-order chi connectivity index (χ1) is 7.18. The summed E-state index contributed by atoms with van der Waals surface area (Å²) in [6, 6.07) is 0.144. The molecule has 2 saturated heterocycles. The van der Waals surface area contributed by atoms with Crippen molar-refractivity contribution in [1.82, 2.24) is 4.90 Å². The monoisotopic (exact) mass is 213 g/mol. The minimum Gasteiger partial charge on any atom is -0.366 e. The minimum absolute atomic E-state index is 0.0600. The summed E-state index contributed by atoms with van der Waals surface area (Å²) in [4.78, 5) is 2.30. The minimum atomic E-state index is -0.625. The number of methoxy groups -OCH3 is 2. The second-order valence-corrected chi connectivity index (χ2v) is 4.12. The van der Waals surface area contributed by atoms with Crippen molar-refractivity contribution < 1.29 is 14.2 Å². The van der Waals surface area contributed by atoms with Crippen molar-refractivity contribution in [2.75, 3.05) is 33.9 Å². The largest absolute Gasteiger partial charge is 0.366 e. The summed E-state index contributed by atoms with van der Waals surface area (Å²) < 4.78 is 16.8. The van der Waals surface area contributed by atoms with Crippen LogP contribution in [0.1, 0.15) is 6.92 Å². The van der Waals surface area contributed by atoms with Crippen LogP contribution in [0.2, 0.25) is 0 Å². The second-order valence-electron chi connectivity index (χ2n) is 4.12. The van der Waals surface area contributed by atoms with Gasteiger partial charge in [-0.05, 0) is 12.1 Å².